The summed E-state index contributed by atoms with van der Waals surface area (Å²) in [5.41, 5.74) is 0.125. The first-order valence-corrected chi connectivity index (χ1v) is 10.5. The molecular formula is C17H25F3N4O2S. The molecule has 27 heavy (non-hydrogen) atoms. The number of guanidine groups is 1. The van der Waals surface area contributed by atoms with Gasteiger partial charge in [-0.25, -0.2) is 12.7 Å². The normalized spacial score (nSPS) is 17.9. The van der Waals surface area contributed by atoms with Gasteiger partial charge in [0.25, 0.3) is 0 Å². The SMILES string of the molecule is CCNC(=NCCN1CCCS1(=O)=O)NCCc1ccc(C(F)(F)F)cc1. The highest BCUT2D eigenvalue weighted by atomic mass is 32.2. The molecule has 6 nitrogen and oxygen atoms in total. The quantitative estimate of drug-likeness (QED) is 0.535. The number of benzene rings is 1. The molecule has 10 heteroatoms. The fourth-order valence-corrected chi connectivity index (χ4v) is 4.26. The van der Waals surface area contributed by atoms with E-state index in [1.807, 2.05) is 6.92 Å². The lowest BCUT2D eigenvalue weighted by Gasteiger charge is -2.14. The average molecular weight is 406 g/mol. The van der Waals surface area contributed by atoms with Crippen molar-refractivity contribution in [3.63, 3.8) is 0 Å². The Morgan fingerprint density at radius 2 is 1.93 bits per heavy atom. The fourth-order valence-electron chi connectivity index (χ4n) is 2.74. The van der Waals surface area contributed by atoms with Crippen LogP contribution in [-0.4, -0.2) is 57.2 Å². The van der Waals surface area contributed by atoms with Gasteiger partial charge in [-0.3, -0.25) is 4.99 Å². The number of sulfonamides is 1. The Kier molecular flexibility index (Phi) is 7.49. The number of nitrogens with zero attached hydrogens (tertiary/aromatic N) is 2. The minimum absolute atomic E-state index is 0.197. The van der Waals surface area contributed by atoms with Crippen molar-refractivity contribution < 1.29 is 21.6 Å². The summed E-state index contributed by atoms with van der Waals surface area (Å²) in [5.74, 6) is 0.753. The third-order valence-corrected chi connectivity index (χ3v) is 6.11. The van der Waals surface area contributed by atoms with Crippen molar-refractivity contribution in [1.29, 1.82) is 0 Å². The Morgan fingerprint density at radius 3 is 2.48 bits per heavy atom. The molecule has 1 aromatic rings. The summed E-state index contributed by atoms with van der Waals surface area (Å²) in [4.78, 5) is 4.36. The summed E-state index contributed by atoms with van der Waals surface area (Å²) in [6, 6.07) is 5.08. The van der Waals surface area contributed by atoms with E-state index in [2.05, 4.69) is 15.6 Å². The molecular weight excluding hydrogens is 381 g/mol. The van der Waals surface area contributed by atoms with Crippen LogP contribution in [0.5, 0.6) is 0 Å². The van der Waals surface area contributed by atoms with Gasteiger partial charge in [-0.05, 0) is 37.5 Å². The van der Waals surface area contributed by atoms with E-state index in [4.69, 9.17) is 0 Å². The number of aliphatic imine (C=N–C) groups is 1. The number of hydrogen-bond acceptors (Lipinski definition) is 3. The molecule has 0 unspecified atom stereocenters. The van der Waals surface area contributed by atoms with E-state index in [0.717, 1.165) is 17.7 Å². The van der Waals surface area contributed by atoms with E-state index in [-0.39, 0.29) is 5.75 Å². The average Bonchev–Trinajstić information content (AvgIpc) is 2.93. The van der Waals surface area contributed by atoms with E-state index in [9.17, 15) is 21.6 Å². The van der Waals surface area contributed by atoms with Gasteiger partial charge >= 0.3 is 6.18 Å². The molecule has 0 atom stereocenters. The van der Waals surface area contributed by atoms with E-state index in [1.165, 1.54) is 16.4 Å². The van der Waals surface area contributed by atoms with Crippen molar-refractivity contribution in [2.45, 2.75) is 25.9 Å². The monoisotopic (exact) mass is 406 g/mol. The summed E-state index contributed by atoms with van der Waals surface area (Å²) < 4.78 is 62.6. The number of rotatable bonds is 7. The van der Waals surface area contributed by atoms with Gasteiger partial charge in [0.05, 0.1) is 17.9 Å². The summed E-state index contributed by atoms with van der Waals surface area (Å²) in [6.45, 7) is 4.29. The predicted molar refractivity (Wildman–Crippen MR) is 99.1 cm³/mol. The van der Waals surface area contributed by atoms with Crippen LogP contribution in [0.2, 0.25) is 0 Å². The third-order valence-electron chi connectivity index (χ3n) is 4.15. The van der Waals surface area contributed by atoms with Crippen LogP contribution < -0.4 is 10.6 Å². The summed E-state index contributed by atoms with van der Waals surface area (Å²) in [6.07, 6.45) is -3.13. The van der Waals surface area contributed by atoms with Crippen LogP contribution in [0.15, 0.2) is 29.3 Å². The number of nitrogens with one attached hydrogen (secondary N) is 2. The zero-order chi connectivity index (χ0) is 19.9. The summed E-state index contributed by atoms with van der Waals surface area (Å²) in [5, 5.41) is 6.17. The number of halogens is 3. The molecule has 1 aliphatic heterocycles. The standard InChI is InChI=1S/C17H25F3N4O2S/c1-2-21-16(23-10-12-24-11-3-13-27(24,25)26)22-9-8-14-4-6-15(7-5-14)17(18,19)20/h4-7H,2-3,8-13H2,1H3,(H2,21,22,23). The molecule has 1 fully saturated rings. The van der Waals surface area contributed by atoms with Crippen LogP contribution in [0.25, 0.3) is 0 Å². The largest absolute Gasteiger partial charge is 0.416 e. The van der Waals surface area contributed by atoms with E-state index in [0.29, 0.717) is 51.5 Å². The molecule has 0 aliphatic carbocycles. The van der Waals surface area contributed by atoms with Gasteiger partial charge in [-0.1, -0.05) is 12.1 Å². The molecule has 1 saturated heterocycles. The lowest BCUT2D eigenvalue weighted by molar-refractivity contribution is -0.137. The minimum atomic E-state index is -4.33. The van der Waals surface area contributed by atoms with E-state index >= 15 is 0 Å². The Bertz CT molecular complexity index is 734. The summed E-state index contributed by atoms with van der Waals surface area (Å²) >= 11 is 0. The first kappa shape index (κ1) is 21.5. The third kappa shape index (κ3) is 6.69. The second-order valence-electron chi connectivity index (χ2n) is 6.20. The predicted octanol–water partition coefficient (Wildman–Crippen LogP) is 1.84. The molecule has 0 bridgehead atoms. The van der Waals surface area contributed by atoms with Crippen LogP contribution in [0.1, 0.15) is 24.5 Å². The van der Waals surface area contributed by atoms with E-state index < -0.39 is 21.8 Å². The van der Waals surface area contributed by atoms with Gasteiger partial charge in [0.2, 0.25) is 10.0 Å². The smallest absolute Gasteiger partial charge is 0.357 e. The van der Waals surface area contributed by atoms with Crippen LogP contribution in [0.4, 0.5) is 13.2 Å². The zero-order valence-corrected chi connectivity index (χ0v) is 16.0. The Labute approximate surface area is 157 Å². The molecule has 0 aromatic heterocycles. The maximum atomic E-state index is 12.6. The second-order valence-corrected chi connectivity index (χ2v) is 8.29. The van der Waals surface area contributed by atoms with Crippen molar-refractivity contribution in [3.8, 4) is 0 Å². The fraction of sp³-hybridized carbons (Fsp3) is 0.588. The van der Waals surface area contributed by atoms with Crippen molar-refractivity contribution in [2.75, 3.05) is 38.5 Å². The molecule has 2 rings (SSSR count). The van der Waals surface area contributed by atoms with Crippen LogP contribution in [0.3, 0.4) is 0 Å². The van der Waals surface area contributed by atoms with Crippen molar-refractivity contribution in [1.82, 2.24) is 14.9 Å². The van der Waals surface area contributed by atoms with Crippen LogP contribution in [0, 0.1) is 0 Å². The van der Waals surface area contributed by atoms with E-state index in [1.54, 1.807) is 0 Å². The van der Waals surface area contributed by atoms with Crippen molar-refractivity contribution in [3.05, 3.63) is 35.4 Å². The zero-order valence-electron chi connectivity index (χ0n) is 15.2. The highest BCUT2D eigenvalue weighted by molar-refractivity contribution is 7.89. The second kappa shape index (κ2) is 9.41. The summed E-state index contributed by atoms with van der Waals surface area (Å²) in [7, 11) is -3.12. The number of hydrogen-bond donors (Lipinski definition) is 2. The minimum Gasteiger partial charge on any atom is -0.357 e. The highest BCUT2D eigenvalue weighted by Gasteiger charge is 2.30. The van der Waals surface area contributed by atoms with Crippen LogP contribution >= 0.6 is 0 Å². The van der Waals surface area contributed by atoms with Gasteiger partial charge in [-0.2, -0.15) is 13.2 Å². The van der Waals surface area contributed by atoms with Gasteiger partial charge in [-0.15, -0.1) is 0 Å². The maximum Gasteiger partial charge on any atom is 0.416 e. The van der Waals surface area contributed by atoms with Crippen molar-refractivity contribution in [2.24, 2.45) is 4.99 Å². The lowest BCUT2D eigenvalue weighted by Crippen LogP contribution is -2.39. The Balaban J connectivity index is 1.81. The van der Waals surface area contributed by atoms with Gasteiger partial charge in [0, 0.05) is 26.2 Å². The van der Waals surface area contributed by atoms with Crippen LogP contribution in [-0.2, 0) is 22.6 Å². The lowest BCUT2D eigenvalue weighted by atomic mass is 10.1. The molecule has 1 aromatic carbocycles. The number of alkyl halides is 3. The molecule has 0 radical (unpaired) electrons. The highest BCUT2D eigenvalue weighted by Crippen LogP contribution is 2.29. The molecule has 0 spiro atoms. The molecule has 1 heterocycles. The topological polar surface area (TPSA) is 73.8 Å². The molecule has 1 aliphatic rings. The first-order chi connectivity index (χ1) is 12.7. The Morgan fingerprint density at radius 1 is 1.22 bits per heavy atom. The molecule has 152 valence electrons. The molecule has 0 amide bonds. The van der Waals surface area contributed by atoms with Crippen molar-refractivity contribution >= 4 is 16.0 Å². The van der Waals surface area contributed by atoms with Gasteiger partial charge < -0.3 is 10.6 Å². The Hall–Kier alpha value is -1.81. The van der Waals surface area contributed by atoms with Gasteiger partial charge in [0.15, 0.2) is 5.96 Å². The maximum absolute atomic E-state index is 12.6. The molecule has 2 N–H and O–H groups in total. The first-order valence-electron chi connectivity index (χ1n) is 8.88. The van der Waals surface area contributed by atoms with Gasteiger partial charge in [0.1, 0.15) is 0 Å². The molecule has 0 saturated carbocycles.